The van der Waals surface area contributed by atoms with E-state index in [0.29, 0.717) is 18.0 Å². The van der Waals surface area contributed by atoms with Crippen molar-refractivity contribution in [3.63, 3.8) is 0 Å². The van der Waals surface area contributed by atoms with Gasteiger partial charge in [0.05, 0.1) is 32.9 Å². The number of carbonyl (C=O) groups is 1. The number of aryl methyl sites for hydroxylation is 1. The number of aromatic nitrogens is 1. The molecular formula is C25H26N2O4. The molecule has 1 N–H and O–H groups in total. The molecule has 160 valence electrons. The van der Waals surface area contributed by atoms with Gasteiger partial charge in [-0.3, -0.25) is 9.78 Å². The van der Waals surface area contributed by atoms with Crippen LogP contribution >= 0.6 is 0 Å². The fraction of sp³-hybridized carbons (Fsp3) is 0.280. The molecule has 0 fully saturated rings. The van der Waals surface area contributed by atoms with Crippen LogP contribution in [-0.4, -0.2) is 37.8 Å². The SMILES string of the molecule is COc1ccc(CC(=O)NCC2Cc3cc(-c4ccc(C)cn4)ccc3O2)cc1OC. The van der Waals surface area contributed by atoms with E-state index in [0.717, 1.165) is 40.1 Å². The molecule has 4 rings (SSSR count). The minimum absolute atomic E-state index is 0.0590. The molecule has 6 heteroatoms. The van der Waals surface area contributed by atoms with Crippen LogP contribution in [0.5, 0.6) is 17.2 Å². The highest BCUT2D eigenvalue weighted by Gasteiger charge is 2.24. The maximum Gasteiger partial charge on any atom is 0.224 e. The number of amides is 1. The van der Waals surface area contributed by atoms with Crippen LogP contribution in [0.15, 0.2) is 54.7 Å². The zero-order valence-corrected chi connectivity index (χ0v) is 18.0. The lowest BCUT2D eigenvalue weighted by atomic mass is 10.0. The molecule has 2 aromatic carbocycles. The van der Waals surface area contributed by atoms with E-state index < -0.39 is 0 Å². The molecule has 0 aliphatic carbocycles. The highest BCUT2D eigenvalue weighted by atomic mass is 16.5. The average molecular weight is 418 g/mol. The van der Waals surface area contributed by atoms with E-state index in [4.69, 9.17) is 14.2 Å². The van der Waals surface area contributed by atoms with E-state index in [1.165, 1.54) is 0 Å². The van der Waals surface area contributed by atoms with Crippen molar-refractivity contribution < 1.29 is 19.0 Å². The van der Waals surface area contributed by atoms with Crippen molar-refractivity contribution in [2.75, 3.05) is 20.8 Å². The lowest BCUT2D eigenvalue weighted by Crippen LogP contribution is -2.35. The average Bonchev–Trinajstić information content (AvgIpc) is 3.20. The van der Waals surface area contributed by atoms with Crippen molar-refractivity contribution in [2.45, 2.75) is 25.9 Å². The maximum absolute atomic E-state index is 12.4. The van der Waals surface area contributed by atoms with Gasteiger partial charge in [-0.15, -0.1) is 0 Å². The van der Waals surface area contributed by atoms with Gasteiger partial charge in [-0.05, 0) is 60.0 Å². The zero-order valence-electron chi connectivity index (χ0n) is 18.0. The summed E-state index contributed by atoms with van der Waals surface area (Å²) >= 11 is 0. The Morgan fingerprint density at radius 2 is 1.94 bits per heavy atom. The van der Waals surface area contributed by atoms with Crippen LogP contribution in [0.2, 0.25) is 0 Å². The number of benzene rings is 2. The molecule has 0 saturated carbocycles. The Kier molecular flexibility index (Phi) is 6.07. The van der Waals surface area contributed by atoms with Gasteiger partial charge in [-0.1, -0.05) is 12.1 Å². The molecule has 0 saturated heterocycles. The van der Waals surface area contributed by atoms with Gasteiger partial charge in [0.1, 0.15) is 11.9 Å². The molecule has 1 unspecified atom stereocenters. The van der Waals surface area contributed by atoms with E-state index >= 15 is 0 Å². The van der Waals surface area contributed by atoms with Gasteiger partial charge in [-0.2, -0.15) is 0 Å². The van der Waals surface area contributed by atoms with Crippen molar-refractivity contribution in [1.82, 2.24) is 10.3 Å². The van der Waals surface area contributed by atoms with Crippen LogP contribution in [0.1, 0.15) is 16.7 Å². The van der Waals surface area contributed by atoms with E-state index in [-0.39, 0.29) is 18.4 Å². The largest absolute Gasteiger partial charge is 0.493 e. The van der Waals surface area contributed by atoms with Crippen LogP contribution in [0.3, 0.4) is 0 Å². The first-order chi connectivity index (χ1) is 15.1. The van der Waals surface area contributed by atoms with Gasteiger partial charge in [0.2, 0.25) is 5.91 Å². The number of pyridine rings is 1. The quantitative estimate of drug-likeness (QED) is 0.633. The Balaban J connectivity index is 1.33. The number of nitrogens with one attached hydrogen (secondary N) is 1. The Bertz CT molecular complexity index is 1080. The number of fused-ring (bicyclic) bond motifs is 1. The van der Waals surface area contributed by atoms with E-state index in [9.17, 15) is 4.79 Å². The van der Waals surface area contributed by atoms with Gasteiger partial charge in [-0.25, -0.2) is 0 Å². The molecule has 0 bridgehead atoms. The monoisotopic (exact) mass is 418 g/mol. The van der Waals surface area contributed by atoms with Gasteiger partial charge >= 0.3 is 0 Å². The Hall–Kier alpha value is -3.54. The third-order valence-corrected chi connectivity index (χ3v) is 5.35. The number of ether oxygens (including phenoxy) is 3. The van der Waals surface area contributed by atoms with E-state index in [1.54, 1.807) is 20.3 Å². The maximum atomic E-state index is 12.4. The molecular weight excluding hydrogens is 392 g/mol. The molecule has 6 nitrogen and oxygen atoms in total. The summed E-state index contributed by atoms with van der Waals surface area (Å²) in [5.41, 5.74) is 5.15. The summed E-state index contributed by atoms with van der Waals surface area (Å²) in [6.45, 7) is 2.48. The minimum atomic E-state index is -0.0782. The zero-order chi connectivity index (χ0) is 21.8. The smallest absolute Gasteiger partial charge is 0.224 e. The number of rotatable bonds is 7. The second-order valence-corrected chi connectivity index (χ2v) is 7.66. The highest BCUT2D eigenvalue weighted by Crippen LogP contribution is 2.32. The summed E-state index contributed by atoms with van der Waals surface area (Å²) in [6, 6.07) is 15.7. The fourth-order valence-corrected chi connectivity index (χ4v) is 3.70. The van der Waals surface area contributed by atoms with Gasteiger partial charge in [0.25, 0.3) is 0 Å². The van der Waals surface area contributed by atoms with Gasteiger partial charge in [0, 0.05) is 18.2 Å². The fourth-order valence-electron chi connectivity index (χ4n) is 3.70. The van der Waals surface area contributed by atoms with E-state index in [1.807, 2.05) is 43.5 Å². The van der Waals surface area contributed by atoms with Crippen LogP contribution in [0, 0.1) is 6.92 Å². The van der Waals surface area contributed by atoms with E-state index in [2.05, 4.69) is 22.4 Å². The summed E-state index contributed by atoms with van der Waals surface area (Å²) < 4.78 is 16.6. The predicted molar refractivity (Wildman–Crippen MR) is 119 cm³/mol. The normalized spacial score (nSPS) is 14.5. The Morgan fingerprint density at radius 3 is 2.68 bits per heavy atom. The molecule has 1 atom stereocenters. The summed E-state index contributed by atoms with van der Waals surface area (Å²) in [6.07, 6.45) is 2.82. The van der Waals surface area contributed by atoms with Crippen molar-refractivity contribution >= 4 is 5.91 Å². The Morgan fingerprint density at radius 1 is 1.10 bits per heavy atom. The predicted octanol–water partition coefficient (Wildman–Crippen LogP) is 3.74. The standard InChI is InChI=1S/C25H26N2O4/c1-16-4-7-21(26-14-16)18-6-9-22-19(12-18)13-20(31-22)15-27-25(28)11-17-5-8-23(29-2)24(10-17)30-3/h4-10,12,14,20H,11,13,15H2,1-3H3,(H,27,28). The number of hydrogen-bond donors (Lipinski definition) is 1. The molecule has 3 aromatic rings. The van der Waals surface area contributed by atoms with Crippen LogP contribution in [0.4, 0.5) is 0 Å². The minimum Gasteiger partial charge on any atom is -0.493 e. The summed E-state index contributed by atoms with van der Waals surface area (Å²) in [4.78, 5) is 16.9. The first-order valence-corrected chi connectivity index (χ1v) is 10.3. The molecule has 1 aromatic heterocycles. The lowest BCUT2D eigenvalue weighted by molar-refractivity contribution is -0.120. The Labute approximate surface area is 182 Å². The first kappa shape index (κ1) is 20.7. The molecule has 31 heavy (non-hydrogen) atoms. The second-order valence-electron chi connectivity index (χ2n) is 7.66. The number of methoxy groups -OCH3 is 2. The molecule has 0 spiro atoms. The molecule has 1 aliphatic heterocycles. The molecule has 1 amide bonds. The van der Waals surface area contributed by atoms with Crippen molar-refractivity contribution in [3.8, 4) is 28.5 Å². The number of carbonyl (C=O) groups excluding carboxylic acids is 1. The van der Waals surface area contributed by atoms with Crippen molar-refractivity contribution in [3.05, 3.63) is 71.4 Å². The second kappa shape index (κ2) is 9.08. The van der Waals surface area contributed by atoms with Gasteiger partial charge < -0.3 is 19.5 Å². The third kappa shape index (κ3) is 4.79. The lowest BCUT2D eigenvalue weighted by Gasteiger charge is -2.13. The van der Waals surface area contributed by atoms with Crippen LogP contribution in [0.25, 0.3) is 11.3 Å². The third-order valence-electron chi connectivity index (χ3n) is 5.35. The molecule has 1 aliphatic rings. The topological polar surface area (TPSA) is 69.7 Å². The first-order valence-electron chi connectivity index (χ1n) is 10.3. The highest BCUT2D eigenvalue weighted by molar-refractivity contribution is 5.78. The van der Waals surface area contributed by atoms with Crippen molar-refractivity contribution in [1.29, 1.82) is 0 Å². The summed E-state index contributed by atoms with van der Waals surface area (Å²) in [5.74, 6) is 2.07. The number of nitrogens with zero attached hydrogens (tertiary/aromatic N) is 1. The van der Waals surface area contributed by atoms with Crippen LogP contribution in [-0.2, 0) is 17.6 Å². The number of hydrogen-bond acceptors (Lipinski definition) is 5. The molecule has 2 heterocycles. The van der Waals surface area contributed by atoms with Crippen LogP contribution < -0.4 is 19.5 Å². The summed E-state index contributed by atoms with van der Waals surface area (Å²) in [7, 11) is 3.17. The van der Waals surface area contributed by atoms with Crippen molar-refractivity contribution in [2.24, 2.45) is 0 Å². The van der Waals surface area contributed by atoms with Gasteiger partial charge in [0.15, 0.2) is 11.5 Å². The summed E-state index contributed by atoms with van der Waals surface area (Å²) in [5, 5.41) is 2.98. The molecule has 0 radical (unpaired) electrons.